The van der Waals surface area contributed by atoms with Crippen LogP contribution in [0, 0.1) is 0 Å². The quantitative estimate of drug-likeness (QED) is 0.794. The van der Waals surface area contributed by atoms with Crippen LogP contribution in [0.15, 0.2) is 47.4 Å². The normalized spacial score (nSPS) is 11.9. The predicted octanol–water partition coefficient (Wildman–Crippen LogP) is 2.72. The van der Waals surface area contributed by atoms with Crippen LogP contribution in [0.1, 0.15) is 21.5 Å². The van der Waals surface area contributed by atoms with Crippen molar-refractivity contribution in [3.8, 4) is 5.75 Å². The molecule has 0 saturated carbocycles. The van der Waals surface area contributed by atoms with Crippen LogP contribution in [0.25, 0.3) is 0 Å². The van der Waals surface area contributed by atoms with Gasteiger partial charge in [-0.3, -0.25) is 0 Å². The number of ether oxygens (including phenoxy) is 2. The summed E-state index contributed by atoms with van der Waals surface area (Å²) in [6.45, 7) is -0.439. The maximum atomic E-state index is 12.7. The molecule has 2 N–H and O–H groups in total. The number of alkyl halides is 3. The van der Waals surface area contributed by atoms with Gasteiger partial charge in [-0.1, -0.05) is 12.1 Å². The highest BCUT2D eigenvalue weighted by Crippen LogP contribution is 2.30. The predicted molar refractivity (Wildman–Crippen MR) is 84.9 cm³/mol. The monoisotopic (exact) mass is 389 g/mol. The summed E-state index contributed by atoms with van der Waals surface area (Å²) in [4.78, 5) is 11.9. The fraction of sp³-hybridized carbons (Fsp3) is 0.188. The molecule has 10 heteroatoms. The summed E-state index contributed by atoms with van der Waals surface area (Å²) in [5.74, 6) is -0.934. The number of sulfonamides is 1. The molecule has 0 aliphatic carbocycles. The minimum absolute atomic E-state index is 0.0337. The number of hydrogen-bond acceptors (Lipinski definition) is 5. The second-order valence-corrected chi connectivity index (χ2v) is 6.74. The average Bonchev–Trinajstić information content (AvgIpc) is 2.57. The van der Waals surface area contributed by atoms with E-state index >= 15 is 0 Å². The molecule has 0 radical (unpaired) electrons. The van der Waals surface area contributed by atoms with Crippen LogP contribution in [-0.2, 0) is 27.5 Å². The Morgan fingerprint density at radius 2 is 1.85 bits per heavy atom. The second-order valence-electron chi connectivity index (χ2n) is 5.18. The topological polar surface area (TPSA) is 95.7 Å². The molecule has 140 valence electrons. The van der Waals surface area contributed by atoms with Gasteiger partial charge in [0.15, 0.2) is 0 Å². The molecule has 0 amide bonds. The van der Waals surface area contributed by atoms with Gasteiger partial charge in [-0.25, -0.2) is 18.4 Å². The first-order chi connectivity index (χ1) is 12.0. The van der Waals surface area contributed by atoms with Gasteiger partial charge in [0.25, 0.3) is 0 Å². The van der Waals surface area contributed by atoms with E-state index in [0.29, 0.717) is 0 Å². The van der Waals surface area contributed by atoms with Crippen molar-refractivity contribution in [3.05, 3.63) is 59.2 Å². The molecule has 0 heterocycles. The summed E-state index contributed by atoms with van der Waals surface area (Å²) in [5.41, 5.74) is -0.972. The molecule has 0 aliphatic rings. The van der Waals surface area contributed by atoms with Crippen molar-refractivity contribution in [1.29, 1.82) is 0 Å². The van der Waals surface area contributed by atoms with Crippen LogP contribution in [0.5, 0.6) is 5.75 Å². The van der Waals surface area contributed by atoms with Crippen LogP contribution in [-0.4, -0.2) is 21.5 Å². The smallest absolute Gasteiger partial charge is 0.416 e. The number of benzene rings is 2. The molecular weight excluding hydrogens is 375 g/mol. The van der Waals surface area contributed by atoms with Gasteiger partial charge in [0.1, 0.15) is 17.9 Å². The van der Waals surface area contributed by atoms with Crippen molar-refractivity contribution in [2.24, 2.45) is 5.14 Å². The van der Waals surface area contributed by atoms with Gasteiger partial charge in [-0.05, 0) is 35.9 Å². The Hall–Kier alpha value is -2.59. The van der Waals surface area contributed by atoms with Gasteiger partial charge in [0.2, 0.25) is 10.0 Å². The van der Waals surface area contributed by atoms with Gasteiger partial charge in [0, 0.05) is 0 Å². The van der Waals surface area contributed by atoms with Gasteiger partial charge in [-0.2, -0.15) is 13.2 Å². The average molecular weight is 389 g/mol. The van der Waals surface area contributed by atoms with Gasteiger partial charge < -0.3 is 9.47 Å². The van der Waals surface area contributed by atoms with E-state index in [1.165, 1.54) is 25.3 Å². The van der Waals surface area contributed by atoms with Crippen LogP contribution in [0.2, 0.25) is 0 Å². The van der Waals surface area contributed by atoms with E-state index in [4.69, 9.17) is 14.6 Å². The van der Waals surface area contributed by atoms with E-state index < -0.39 is 34.3 Å². The zero-order valence-corrected chi connectivity index (χ0v) is 14.2. The molecule has 2 aromatic rings. The second kappa shape index (κ2) is 7.34. The van der Waals surface area contributed by atoms with Crippen molar-refractivity contribution >= 4 is 16.0 Å². The molecular formula is C16H14F3NO5S. The van der Waals surface area contributed by atoms with E-state index in [1.807, 2.05) is 0 Å². The minimum Gasteiger partial charge on any atom is -0.496 e. The summed E-state index contributed by atoms with van der Waals surface area (Å²) < 4.78 is 70.8. The summed E-state index contributed by atoms with van der Waals surface area (Å²) in [5, 5.41) is 5.01. The Kier molecular flexibility index (Phi) is 5.57. The molecule has 0 fully saturated rings. The molecule has 26 heavy (non-hydrogen) atoms. The van der Waals surface area contributed by atoms with Crippen LogP contribution in [0.3, 0.4) is 0 Å². The first-order valence-electron chi connectivity index (χ1n) is 7.06. The first-order valence-corrected chi connectivity index (χ1v) is 8.61. The summed E-state index contributed by atoms with van der Waals surface area (Å²) >= 11 is 0. The number of nitrogens with two attached hydrogens (primary N) is 1. The van der Waals surface area contributed by atoms with Crippen molar-refractivity contribution < 1.29 is 35.9 Å². The summed E-state index contributed by atoms with van der Waals surface area (Å²) in [6.07, 6.45) is -4.52. The van der Waals surface area contributed by atoms with E-state index in [0.717, 1.165) is 24.3 Å². The molecule has 0 aliphatic heterocycles. The molecule has 0 bridgehead atoms. The number of carbonyl (C=O) groups is 1. The first kappa shape index (κ1) is 19.7. The summed E-state index contributed by atoms with van der Waals surface area (Å²) in [6, 6.07) is 7.64. The Morgan fingerprint density at radius 1 is 1.15 bits per heavy atom. The summed E-state index contributed by atoms with van der Waals surface area (Å²) in [7, 11) is -2.80. The Labute approximate surface area is 147 Å². The molecule has 6 nitrogen and oxygen atoms in total. The zero-order chi connectivity index (χ0) is 19.5. The van der Waals surface area contributed by atoms with Gasteiger partial charge in [0.05, 0.1) is 17.6 Å². The van der Waals surface area contributed by atoms with Crippen LogP contribution < -0.4 is 9.88 Å². The Bertz CT molecular complexity index is 926. The number of methoxy groups -OCH3 is 1. The van der Waals surface area contributed by atoms with Crippen molar-refractivity contribution in [1.82, 2.24) is 0 Å². The molecule has 0 unspecified atom stereocenters. The highest BCUT2D eigenvalue weighted by atomic mass is 32.2. The van der Waals surface area contributed by atoms with Crippen molar-refractivity contribution in [2.75, 3.05) is 7.11 Å². The molecule has 0 aromatic heterocycles. The number of hydrogen-bond donors (Lipinski definition) is 1. The molecule has 2 aromatic carbocycles. The SMILES string of the molecule is COc1ccc(S(N)(=O)=O)cc1C(=O)OCc1cccc(C(F)(F)F)c1. The highest BCUT2D eigenvalue weighted by molar-refractivity contribution is 7.89. The lowest BCUT2D eigenvalue weighted by Crippen LogP contribution is -2.14. The molecule has 0 atom stereocenters. The molecule has 2 rings (SSSR count). The number of primary sulfonamides is 1. The maximum absolute atomic E-state index is 12.7. The maximum Gasteiger partial charge on any atom is 0.416 e. The largest absolute Gasteiger partial charge is 0.496 e. The van der Waals surface area contributed by atoms with Crippen LogP contribution >= 0.6 is 0 Å². The van der Waals surface area contributed by atoms with Crippen molar-refractivity contribution in [3.63, 3.8) is 0 Å². The lowest BCUT2D eigenvalue weighted by Gasteiger charge is -2.11. The van der Waals surface area contributed by atoms with Gasteiger partial charge in [-0.15, -0.1) is 0 Å². The third kappa shape index (κ3) is 4.73. The molecule has 0 spiro atoms. The van der Waals surface area contributed by atoms with E-state index in [-0.39, 0.29) is 21.8 Å². The number of halogens is 3. The van der Waals surface area contributed by atoms with Crippen LogP contribution in [0.4, 0.5) is 13.2 Å². The number of carbonyl (C=O) groups excluding carboxylic acids is 1. The van der Waals surface area contributed by atoms with Crippen molar-refractivity contribution in [2.45, 2.75) is 17.7 Å². The van der Waals surface area contributed by atoms with Gasteiger partial charge >= 0.3 is 12.1 Å². The molecule has 0 saturated heterocycles. The Morgan fingerprint density at radius 3 is 2.42 bits per heavy atom. The van der Waals surface area contributed by atoms with E-state index in [1.54, 1.807) is 0 Å². The van der Waals surface area contributed by atoms with E-state index in [9.17, 15) is 26.4 Å². The number of esters is 1. The standard InChI is InChI=1S/C16H14F3NO5S/c1-24-14-6-5-12(26(20,22)23)8-13(14)15(21)25-9-10-3-2-4-11(7-10)16(17,18)19/h2-8H,9H2,1H3,(H2,20,22,23). The zero-order valence-electron chi connectivity index (χ0n) is 13.4. The fourth-order valence-corrected chi connectivity index (χ4v) is 2.63. The number of rotatable bonds is 5. The lowest BCUT2D eigenvalue weighted by atomic mass is 10.1. The lowest BCUT2D eigenvalue weighted by molar-refractivity contribution is -0.137. The fourth-order valence-electron chi connectivity index (χ4n) is 2.09. The third-order valence-corrected chi connectivity index (χ3v) is 4.25. The minimum atomic E-state index is -4.52. The highest BCUT2D eigenvalue weighted by Gasteiger charge is 2.30. The van der Waals surface area contributed by atoms with E-state index in [2.05, 4.69) is 0 Å². The Balaban J connectivity index is 2.23. The third-order valence-electron chi connectivity index (χ3n) is 3.34.